The smallest absolute Gasteiger partial charge is 0.231 e. The molecule has 3 N–H and O–H groups in total. The third kappa shape index (κ3) is 4.05. The van der Waals surface area contributed by atoms with E-state index >= 15 is 0 Å². The van der Waals surface area contributed by atoms with Crippen LogP contribution in [0.3, 0.4) is 0 Å². The van der Waals surface area contributed by atoms with Crippen molar-refractivity contribution < 1.29 is 4.79 Å². The quantitative estimate of drug-likeness (QED) is 0.869. The maximum atomic E-state index is 12.3. The van der Waals surface area contributed by atoms with E-state index in [-0.39, 0.29) is 5.91 Å². The number of anilines is 1. The predicted octanol–water partition coefficient (Wildman–Crippen LogP) is 2.45. The Kier molecular flexibility index (Phi) is 4.95. The number of carbonyl (C=O) groups excluding carboxylic acids is 1. The second-order valence-corrected chi connectivity index (χ2v) is 6.74. The van der Waals surface area contributed by atoms with Crippen LogP contribution in [0, 0.1) is 5.41 Å². The van der Waals surface area contributed by atoms with Crippen LogP contribution in [0.15, 0.2) is 24.3 Å². The standard InChI is InChI=1S/C16H27N3O/c1-15(2,16(3,4)17)14(20)18-13-9-7-12(8-10-13)11-19(5)6/h7-10H,11,17H2,1-6H3,(H,18,20). The van der Waals surface area contributed by atoms with Gasteiger partial charge in [0, 0.05) is 17.8 Å². The fourth-order valence-electron chi connectivity index (χ4n) is 1.64. The Morgan fingerprint density at radius 2 is 1.65 bits per heavy atom. The first-order chi connectivity index (χ1) is 9.04. The average molecular weight is 277 g/mol. The lowest BCUT2D eigenvalue weighted by Crippen LogP contribution is -2.53. The molecule has 0 atom stereocenters. The van der Waals surface area contributed by atoms with E-state index in [2.05, 4.69) is 10.2 Å². The van der Waals surface area contributed by atoms with Crippen molar-refractivity contribution in [3.05, 3.63) is 29.8 Å². The van der Waals surface area contributed by atoms with Crippen LogP contribution in [0.25, 0.3) is 0 Å². The molecule has 0 saturated carbocycles. The number of hydrogen-bond acceptors (Lipinski definition) is 3. The normalized spacial score (nSPS) is 12.6. The first kappa shape index (κ1) is 16.7. The van der Waals surface area contributed by atoms with Gasteiger partial charge in [-0.1, -0.05) is 12.1 Å². The molecular weight excluding hydrogens is 250 g/mol. The van der Waals surface area contributed by atoms with Gasteiger partial charge in [0.2, 0.25) is 5.91 Å². The molecule has 0 aromatic heterocycles. The molecule has 0 heterocycles. The maximum absolute atomic E-state index is 12.3. The van der Waals surface area contributed by atoms with Crippen molar-refractivity contribution in [2.45, 2.75) is 39.8 Å². The molecule has 1 amide bonds. The van der Waals surface area contributed by atoms with Crippen molar-refractivity contribution in [2.75, 3.05) is 19.4 Å². The number of benzene rings is 1. The molecule has 0 aliphatic rings. The molecule has 4 heteroatoms. The summed E-state index contributed by atoms with van der Waals surface area (Å²) in [6.07, 6.45) is 0. The van der Waals surface area contributed by atoms with E-state index in [4.69, 9.17) is 5.73 Å². The second kappa shape index (κ2) is 5.94. The highest BCUT2D eigenvalue weighted by Crippen LogP contribution is 2.29. The van der Waals surface area contributed by atoms with Crippen molar-refractivity contribution >= 4 is 11.6 Å². The first-order valence-corrected chi connectivity index (χ1v) is 6.88. The summed E-state index contributed by atoms with van der Waals surface area (Å²) < 4.78 is 0. The highest BCUT2D eigenvalue weighted by molar-refractivity contribution is 5.95. The van der Waals surface area contributed by atoms with E-state index < -0.39 is 11.0 Å². The van der Waals surface area contributed by atoms with Crippen LogP contribution in [0.5, 0.6) is 0 Å². The zero-order valence-electron chi connectivity index (χ0n) is 13.4. The molecule has 0 spiro atoms. The molecule has 0 bridgehead atoms. The summed E-state index contributed by atoms with van der Waals surface area (Å²) in [5, 5.41) is 2.94. The van der Waals surface area contributed by atoms with Gasteiger partial charge in [0.15, 0.2) is 0 Å². The number of rotatable bonds is 5. The summed E-state index contributed by atoms with van der Waals surface area (Å²) in [6, 6.07) is 7.90. The predicted molar refractivity (Wildman–Crippen MR) is 84.5 cm³/mol. The SMILES string of the molecule is CN(C)Cc1ccc(NC(=O)C(C)(C)C(C)(C)N)cc1. The van der Waals surface area contributed by atoms with Crippen LogP contribution < -0.4 is 11.1 Å². The van der Waals surface area contributed by atoms with Gasteiger partial charge >= 0.3 is 0 Å². The van der Waals surface area contributed by atoms with Gasteiger partial charge in [-0.05, 0) is 59.5 Å². The van der Waals surface area contributed by atoms with E-state index in [0.29, 0.717) is 0 Å². The molecule has 0 saturated heterocycles. The van der Waals surface area contributed by atoms with Gasteiger partial charge in [-0.2, -0.15) is 0 Å². The van der Waals surface area contributed by atoms with Crippen LogP contribution in [-0.2, 0) is 11.3 Å². The van der Waals surface area contributed by atoms with Crippen LogP contribution in [0.2, 0.25) is 0 Å². The monoisotopic (exact) mass is 277 g/mol. The third-order valence-electron chi connectivity index (χ3n) is 3.89. The lowest BCUT2D eigenvalue weighted by Gasteiger charge is -2.36. The van der Waals surface area contributed by atoms with Crippen LogP contribution in [-0.4, -0.2) is 30.4 Å². The summed E-state index contributed by atoms with van der Waals surface area (Å²) in [5.74, 6) is -0.0645. The minimum atomic E-state index is -0.644. The van der Waals surface area contributed by atoms with Gasteiger partial charge in [0.25, 0.3) is 0 Å². The summed E-state index contributed by atoms with van der Waals surface area (Å²) in [4.78, 5) is 14.4. The molecule has 4 nitrogen and oxygen atoms in total. The molecule has 0 radical (unpaired) electrons. The number of nitrogens with one attached hydrogen (secondary N) is 1. The van der Waals surface area contributed by atoms with Crippen molar-refractivity contribution in [1.29, 1.82) is 0 Å². The summed E-state index contributed by atoms with van der Waals surface area (Å²) in [5.41, 5.74) is 6.87. The second-order valence-electron chi connectivity index (χ2n) is 6.74. The summed E-state index contributed by atoms with van der Waals surface area (Å²) in [7, 11) is 4.06. The van der Waals surface area contributed by atoms with Crippen LogP contribution >= 0.6 is 0 Å². The van der Waals surface area contributed by atoms with Crippen molar-refractivity contribution in [3.63, 3.8) is 0 Å². The zero-order valence-corrected chi connectivity index (χ0v) is 13.4. The average Bonchev–Trinajstić information content (AvgIpc) is 2.29. The molecule has 20 heavy (non-hydrogen) atoms. The molecule has 112 valence electrons. The molecule has 1 rings (SSSR count). The zero-order chi connectivity index (χ0) is 15.6. The Hall–Kier alpha value is -1.39. The van der Waals surface area contributed by atoms with Crippen molar-refractivity contribution in [2.24, 2.45) is 11.1 Å². The molecule has 1 aromatic carbocycles. The summed E-state index contributed by atoms with van der Waals surface area (Å²) >= 11 is 0. The number of amides is 1. The Morgan fingerprint density at radius 1 is 1.15 bits per heavy atom. The Balaban J connectivity index is 2.77. The molecule has 1 aromatic rings. The van der Waals surface area contributed by atoms with Gasteiger partial charge < -0.3 is 16.0 Å². The van der Waals surface area contributed by atoms with E-state index in [9.17, 15) is 4.79 Å². The minimum absolute atomic E-state index is 0.0645. The van der Waals surface area contributed by atoms with Gasteiger partial charge in [0.05, 0.1) is 5.41 Å². The van der Waals surface area contributed by atoms with Crippen LogP contribution in [0.4, 0.5) is 5.69 Å². The van der Waals surface area contributed by atoms with Crippen LogP contribution in [0.1, 0.15) is 33.3 Å². The molecule has 0 fully saturated rings. The number of nitrogens with zero attached hydrogens (tertiary/aromatic N) is 1. The fraction of sp³-hybridized carbons (Fsp3) is 0.562. The van der Waals surface area contributed by atoms with Crippen molar-refractivity contribution in [3.8, 4) is 0 Å². The molecular formula is C16H27N3O. The van der Waals surface area contributed by atoms with Gasteiger partial charge in [-0.3, -0.25) is 4.79 Å². The molecule has 0 unspecified atom stereocenters. The first-order valence-electron chi connectivity index (χ1n) is 6.88. The minimum Gasteiger partial charge on any atom is -0.326 e. The Labute approximate surface area is 122 Å². The van der Waals surface area contributed by atoms with Gasteiger partial charge in [0.1, 0.15) is 0 Å². The largest absolute Gasteiger partial charge is 0.326 e. The topological polar surface area (TPSA) is 58.4 Å². The third-order valence-corrected chi connectivity index (χ3v) is 3.89. The lowest BCUT2D eigenvalue weighted by molar-refractivity contribution is -0.126. The fourth-order valence-corrected chi connectivity index (χ4v) is 1.64. The highest BCUT2D eigenvalue weighted by Gasteiger charge is 2.40. The molecule has 0 aliphatic carbocycles. The van der Waals surface area contributed by atoms with E-state index in [1.165, 1.54) is 5.56 Å². The Bertz CT molecular complexity index is 456. The maximum Gasteiger partial charge on any atom is 0.231 e. The van der Waals surface area contributed by atoms with E-state index in [1.54, 1.807) is 0 Å². The van der Waals surface area contributed by atoms with Crippen molar-refractivity contribution in [1.82, 2.24) is 4.90 Å². The van der Waals surface area contributed by atoms with E-state index in [1.807, 2.05) is 66.1 Å². The number of hydrogen-bond donors (Lipinski definition) is 2. The van der Waals surface area contributed by atoms with E-state index in [0.717, 1.165) is 12.2 Å². The summed E-state index contributed by atoms with van der Waals surface area (Å²) in [6.45, 7) is 8.35. The lowest BCUT2D eigenvalue weighted by atomic mass is 9.74. The number of carbonyl (C=O) groups is 1. The highest BCUT2D eigenvalue weighted by atomic mass is 16.2. The number of nitrogens with two attached hydrogens (primary N) is 1. The Morgan fingerprint density at radius 3 is 2.05 bits per heavy atom. The van der Waals surface area contributed by atoms with Gasteiger partial charge in [-0.25, -0.2) is 0 Å². The van der Waals surface area contributed by atoms with Gasteiger partial charge in [-0.15, -0.1) is 0 Å². The molecule has 0 aliphatic heterocycles.